The molecule has 0 aliphatic carbocycles. The average molecular weight is 359 g/mol. The van der Waals surface area contributed by atoms with Crippen LogP contribution in [0.25, 0.3) is 0 Å². The summed E-state index contributed by atoms with van der Waals surface area (Å²) in [5, 5.41) is 13.3. The molecule has 1 heterocycles. The third-order valence-corrected chi connectivity index (χ3v) is 3.67. The van der Waals surface area contributed by atoms with Crippen LogP contribution in [0.5, 0.6) is 0 Å². The molecule has 0 saturated carbocycles. The van der Waals surface area contributed by atoms with E-state index >= 15 is 0 Å². The lowest BCUT2D eigenvalue weighted by Crippen LogP contribution is -2.09. The first-order chi connectivity index (χ1) is 12.5. The second-order valence-electron chi connectivity index (χ2n) is 5.51. The topological polar surface area (TPSA) is 62.7 Å². The monoisotopic (exact) mass is 359 g/mol. The summed E-state index contributed by atoms with van der Waals surface area (Å²) in [6.45, 7) is 2.06. The Morgan fingerprint density at radius 1 is 0.962 bits per heavy atom. The lowest BCUT2D eigenvalue weighted by molar-refractivity contribution is -0.136. The van der Waals surface area contributed by atoms with Crippen LogP contribution < -0.4 is 10.6 Å². The predicted octanol–water partition coefficient (Wildman–Crippen LogP) is 4.94. The second kappa shape index (κ2) is 7.38. The molecule has 8 heteroatoms. The molecular formula is C18H16F3N5. The van der Waals surface area contributed by atoms with Gasteiger partial charge in [0.25, 0.3) is 0 Å². The molecule has 0 aliphatic rings. The number of hydrogen-bond donors (Lipinski definition) is 2. The first kappa shape index (κ1) is 17.7. The normalized spacial score (nSPS) is 11.2. The first-order valence-corrected chi connectivity index (χ1v) is 7.94. The van der Waals surface area contributed by atoms with Gasteiger partial charge in [-0.15, -0.1) is 5.10 Å². The molecule has 0 saturated heterocycles. The summed E-state index contributed by atoms with van der Waals surface area (Å²) < 4.78 is 39.2. The molecule has 0 amide bonds. The zero-order valence-electron chi connectivity index (χ0n) is 13.9. The fourth-order valence-electron chi connectivity index (χ4n) is 2.35. The van der Waals surface area contributed by atoms with Crippen molar-refractivity contribution in [3.05, 3.63) is 65.9 Å². The molecule has 1 aromatic heterocycles. The molecule has 26 heavy (non-hydrogen) atoms. The van der Waals surface area contributed by atoms with Gasteiger partial charge in [-0.05, 0) is 36.2 Å². The molecular weight excluding hydrogens is 343 g/mol. The van der Waals surface area contributed by atoms with Crippen LogP contribution >= 0.6 is 0 Å². The molecule has 5 nitrogen and oxygen atoms in total. The highest BCUT2D eigenvalue weighted by Crippen LogP contribution is 2.35. The van der Waals surface area contributed by atoms with Gasteiger partial charge >= 0.3 is 6.18 Å². The molecule has 0 unspecified atom stereocenters. The Morgan fingerprint density at radius 2 is 1.69 bits per heavy atom. The summed E-state index contributed by atoms with van der Waals surface area (Å²) in [7, 11) is 0. The molecule has 134 valence electrons. The maximum atomic E-state index is 13.1. The zero-order valence-corrected chi connectivity index (χ0v) is 13.9. The van der Waals surface area contributed by atoms with E-state index in [9.17, 15) is 13.2 Å². The van der Waals surface area contributed by atoms with Crippen LogP contribution in [0.2, 0.25) is 0 Å². The Bertz CT molecular complexity index is 878. The molecule has 0 aliphatic heterocycles. The molecule has 0 spiro atoms. The maximum absolute atomic E-state index is 13.1. The van der Waals surface area contributed by atoms with Crippen molar-refractivity contribution < 1.29 is 13.2 Å². The average Bonchev–Trinajstić information content (AvgIpc) is 2.62. The Morgan fingerprint density at radius 3 is 2.38 bits per heavy atom. The summed E-state index contributed by atoms with van der Waals surface area (Å²) in [4.78, 5) is 4.17. The third-order valence-electron chi connectivity index (χ3n) is 3.67. The predicted molar refractivity (Wildman–Crippen MR) is 93.7 cm³/mol. The standard InChI is InChI=1S/C18H16F3N5/c1-2-12-7-9-13(10-8-12)23-17-25-16(11-22-26-17)24-15-6-4-3-5-14(15)18(19,20)21/h3-11H,2H2,1H3,(H2,23,24,25,26). The number of halogens is 3. The maximum Gasteiger partial charge on any atom is 0.418 e. The molecule has 0 atom stereocenters. The van der Waals surface area contributed by atoms with Gasteiger partial charge in [-0.1, -0.05) is 31.2 Å². The number of nitrogens with zero attached hydrogens (tertiary/aromatic N) is 3. The highest BCUT2D eigenvalue weighted by molar-refractivity contribution is 5.62. The quantitative estimate of drug-likeness (QED) is 0.676. The first-order valence-electron chi connectivity index (χ1n) is 7.94. The van der Waals surface area contributed by atoms with E-state index in [2.05, 4.69) is 32.7 Å². The molecule has 0 fully saturated rings. The van der Waals surface area contributed by atoms with Gasteiger partial charge in [0.05, 0.1) is 17.4 Å². The summed E-state index contributed by atoms with van der Waals surface area (Å²) >= 11 is 0. The summed E-state index contributed by atoms with van der Waals surface area (Å²) in [5.41, 5.74) is 1.08. The van der Waals surface area contributed by atoms with E-state index in [1.807, 2.05) is 24.3 Å². The SMILES string of the molecule is CCc1ccc(Nc2nncc(Nc3ccccc3C(F)(F)F)n2)cc1. The van der Waals surface area contributed by atoms with Crippen molar-refractivity contribution in [2.45, 2.75) is 19.5 Å². The second-order valence-corrected chi connectivity index (χ2v) is 5.51. The number of hydrogen-bond acceptors (Lipinski definition) is 5. The summed E-state index contributed by atoms with van der Waals surface area (Å²) in [5.74, 6) is 0.341. The van der Waals surface area contributed by atoms with Crippen molar-refractivity contribution in [2.75, 3.05) is 10.6 Å². The van der Waals surface area contributed by atoms with Gasteiger partial charge in [0, 0.05) is 5.69 Å². The smallest absolute Gasteiger partial charge is 0.338 e. The van der Waals surface area contributed by atoms with Crippen LogP contribution in [0.15, 0.2) is 54.7 Å². The largest absolute Gasteiger partial charge is 0.418 e. The number of anilines is 4. The summed E-state index contributed by atoms with van der Waals surface area (Å²) in [6.07, 6.45) is -2.28. The van der Waals surface area contributed by atoms with E-state index in [4.69, 9.17) is 0 Å². The molecule has 3 aromatic rings. The number of aryl methyl sites for hydroxylation is 1. The fraction of sp³-hybridized carbons (Fsp3) is 0.167. The minimum Gasteiger partial charge on any atom is -0.338 e. The van der Waals surface area contributed by atoms with Gasteiger partial charge in [0.15, 0.2) is 5.82 Å². The van der Waals surface area contributed by atoms with E-state index < -0.39 is 11.7 Å². The van der Waals surface area contributed by atoms with E-state index in [-0.39, 0.29) is 17.5 Å². The summed E-state index contributed by atoms with van der Waals surface area (Å²) in [6, 6.07) is 12.9. The van der Waals surface area contributed by atoms with Gasteiger partial charge in [0.1, 0.15) is 0 Å². The van der Waals surface area contributed by atoms with Crippen LogP contribution in [-0.2, 0) is 12.6 Å². The van der Waals surface area contributed by atoms with E-state index in [1.165, 1.54) is 30.0 Å². The van der Waals surface area contributed by atoms with Crippen LogP contribution in [0.3, 0.4) is 0 Å². The van der Waals surface area contributed by atoms with Gasteiger partial charge in [-0.3, -0.25) is 0 Å². The third kappa shape index (κ3) is 4.27. The van der Waals surface area contributed by atoms with E-state index in [1.54, 1.807) is 0 Å². The number of alkyl halides is 3. The van der Waals surface area contributed by atoms with Crippen molar-refractivity contribution in [2.24, 2.45) is 0 Å². The Hall–Kier alpha value is -3.16. The van der Waals surface area contributed by atoms with Crippen LogP contribution in [0, 0.1) is 0 Å². The highest BCUT2D eigenvalue weighted by atomic mass is 19.4. The molecule has 0 radical (unpaired) electrons. The van der Waals surface area contributed by atoms with Crippen molar-refractivity contribution in [1.82, 2.24) is 15.2 Å². The van der Waals surface area contributed by atoms with Crippen LogP contribution in [0.4, 0.5) is 36.3 Å². The molecule has 3 rings (SSSR count). The Labute approximate surface area is 148 Å². The van der Waals surface area contributed by atoms with Gasteiger partial charge in [-0.25, -0.2) is 0 Å². The molecule has 2 aromatic carbocycles. The zero-order chi connectivity index (χ0) is 18.6. The van der Waals surface area contributed by atoms with Gasteiger partial charge in [-0.2, -0.15) is 23.3 Å². The van der Waals surface area contributed by atoms with Gasteiger partial charge < -0.3 is 10.6 Å². The van der Waals surface area contributed by atoms with Crippen LogP contribution in [0.1, 0.15) is 18.1 Å². The van der Waals surface area contributed by atoms with Crippen molar-refractivity contribution in [1.29, 1.82) is 0 Å². The van der Waals surface area contributed by atoms with Crippen molar-refractivity contribution in [3.8, 4) is 0 Å². The number of aromatic nitrogens is 3. The lowest BCUT2D eigenvalue weighted by Gasteiger charge is -2.14. The van der Waals surface area contributed by atoms with Crippen LogP contribution in [-0.4, -0.2) is 15.2 Å². The Balaban J connectivity index is 1.80. The minimum absolute atomic E-state index is 0.0984. The van der Waals surface area contributed by atoms with E-state index in [0.717, 1.165) is 18.2 Å². The number of nitrogens with one attached hydrogen (secondary N) is 2. The van der Waals surface area contributed by atoms with E-state index in [0.29, 0.717) is 0 Å². The Kier molecular flexibility index (Phi) is 5.01. The lowest BCUT2D eigenvalue weighted by atomic mass is 10.1. The number of benzene rings is 2. The van der Waals surface area contributed by atoms with Crippen molar-refractivity contribution in [3.63, 3.8) is 0 Å². The molecule has 0 bridgehead atoms. The highest BCUT2D eigenvalue weighted by Gasteiger charge is 2.33. The van der Waals surface area contributed by atoms with Gasteiger partial charge in [0.2, 0.25) is 5.95 Å². The fourth-order valence-corrected chi connectivity index (χ4v) is 2.35. The van der Waals surface area contributed by atoms with Crippen molar-refractivity contribution >= 4 is 23.1 Å². The number of rotatable bonds is 5. The molecule has 2 N–H and O–H groups in total. The number of para-hydroxylation sites is 1. The minimum atomic E-state index is -4.47.